The molecule has 0 aromatic carbocycles. The normalized spacial score (nSPS) is 15.5. The standard InChI is InChI=1S/C14H26N6O3/c1-5-15-12(17-8-10(21)19-14(2,3)4)16-6-7-20-11(22)9-18-13(20)23/h5-9H2,1-4H3,(H,18,23)(H,19,21)(H2,15,16,17). The first-order chi connectivity index (χ1) is 10.7. The summed E-state index contributed by atoms with van der Waals surface area (Å²) < 4.78 is 0. The molecule has 130 valence electrons. The number of urea groups is 1. The Balaban J connectivity index is 2.44. The van der Waals surface area contributed by atoms with Crippen LogP contribution in [0, 0.1) is 0 Å². The van der Waals surface area contributed by atoms with Gasteiger partial charge in [-0.15, -0.1) is 0 Å². The fraction of sp³-hybridized carbons (Fsp3) is 0.714. The Kier molecular flexibility index (Phi) is 6.80. The molecular weight excluding hydrogens is 300 g/mol. The molecule has 4 N–H and O–H groups in total. The number of carbonyl (C=O) groups excluding carboxylic acids is 3. The van der Waals surface area contributed by atoms with E-state index < -0.39 is 0 Å². The van der Waals surface area contributed by atoms with Gasteiger partial charge in [0.1, 0.15) is 6.54 Å². The van der Waals surface area contributed by atoms with Crippen LogP contribution in [0.4, 0.5) is 4.79 Å². The number of aliphatic imine (C=N–C) groups is 1. The van der Waals surface area contributed by atoms with Gasteiger partial charge in [-0.25, -0.2) is 9.79 Å². The molecular formula is C14H26N6O3. The number of imide groups is 1. The van der Waals surface area contributed by atoms with Crippen molar-refractivity contribution in [3.05, 3.63) is 0 Å². The summed E-state index contributed by atoms with van der Waals surface area (Å²) in [6, 6.07) is -0.386. The minimum atomic E-state index is -0.386. The maximum atomic E-state index is 11.8. The number of carbonyl (C=O) groups is 3. The third kappa shape index (κ3) is 6.98. The highest BCUT2D eigenvalue weighted by Crippen LogP contribution is 1.98. The van der Waals surface area contributed by atoms with E-state index in [9.17, 15) is 14.4 Å². The molecule has 0 radical (unpaired) electrons. The highest BCUT2D eigenvalue weighted by molar-refractivity contribution is 6.01. The van der Waals surface area contributed by atoms with E-state index >= 15 is 0 Å². The Morgan fingerprint density at radius 2 is 2.00 bits per heavy atom. The number of hydrogen-bond acceptors (Lipinski definition) is 4. The summed E-state index contributed by atoms with van der Waals surface area (Å²) in [5, 5.41) is 11.3. The SMILES string of the molecule is CCNC(=NCC(=O)NC(C)(C)C)NCCN1C(=O)CNC1=O. The van der Waals surface area contributed by atoms with Crippen LogP contribution in [0.1, 0.15) is 27.7 Å². The van der Waals surface area contributed by atoms with Crippen LogP contribution in [0.3, 0.4) is 0 Å². The van der Waals surface area contributed by atoms with E-state index in [-0.39, 0.29) is 43.0 Å². The summed E-state index contributed by atoms with van der Waals surface area (Å²) in [4.78, 5) is 39.9. The summed E-state index contributed by atoms with van der Waals surface area (Å²) in [5.74, 6) is 0.0377. The zero-order valence-corrected chi connectivity index (χ0v) is 14.2. The van der Waals surface area contributed by atoms with Crippen LogP contribution in [-0.2, 0) is 9.59 Å². The largest absolute Gasteiger partial charge is 0.357 e. The second kappa shape index (κ2) is 8.35. The average Bonchev–Trinajstić information content (AvgIpc) is 2.74. The maximum Gasteiger partial charge on any atom is 0.324 e. The van der Waals surface area contributed by atoms with Crippen LogP contribution in [0.15, 0.2) is 4.99 Å². The van der Waals surface area contributed by atoms with Gasteiger partial charge in [-0.3, -0.25) is 14.5 Å². The molecule has 0 bridgehead atoms. The number of nitrogens with one attached hydrogen (secondary N) is 4. The first-order valence-electron chi connectivity index (χ1n) is 7.64. The lowest BCUT2D eigenvalue weighted by molar-refractivity contribution is -0.125. The Hall–Kier alpha value is -2.32. The Morgan fingerprint density at radius 1 is 1.30 bits per heavy atom. The summed E-state index contributed by atoms with van der Waals surface area (Å²) in [5.41, 5.74) is -0.304. The zero-order chi connectivity index (χ0) is 17.5. The van der Waals surface area contributed by atoms with Crippen molar-refractivity contribution in [2.75, 3.05) is 32.7 Å². The van der Waals surface area contributed by atoms with Crippen LogP contribution in [0.25, 0.3) is 0 Å². The van der Waals surface area contributed by atoms with Gasteiger partial charge in [-0.2, -0.15) is 0 Å². The summed E-state index contributed by atoms with van der Waals surface area (Å²) in [6.07, 6.45) is 0. The first-order valence-corrected chi connectivity index (χ1v) is 7.64. The van der Waals surface area contributed by atoms with E-state index in [2.05, 4.69) is 26.3 Å². The van der Waals surface area contributed by atoms with Gasteiger partial charge < -0.3 is 21.3 Å². The smallest absolute Gasteiger partial charge is 0.324 e. The van der Waals surface area contributed by atoms with Gasteiger partial charge in [0.05, 0.1) is 6.54 Å². The number of guanidine groups is 1. The molecule has 9 nitrogen and oxygen atoms in total. The third-order valence-electron chi connectivity index (χ3n) is 2.80. The van der Waals surface area contributed by atoms with Gasteiger partial charge in [0.15, 0.2) is 5.96 Å². The van der Waals surface area contributed by atoms with Gasteiger partial charge in [0.25, 0.3) is 0 Å². The molecule has 0 saturated carbocycles. The van der Waals surface area contributed by atoms with Crippen molar-refractivity contribution in [1.82, 2.24) is 26.2 Å². The summed E-state index contributed by atoms with van der Waals surface area (Å²) >= 11 is 0. The van der Waals surface area contributed by atoms with E-state index in [0.29, 0.717) is 19.0 Å². The third-order valence-corrected chi connectivity index (χ3v) is 2.80. The predicted octanol–water partition coefficient (Wildman–Crippen LogP) is -0.992. The van der Waals surface area contributed by atoms with Crippen LogP contribution in [-0.4, -0.2) is 67.0 Å². The highest BCUT2D eigenvalue weighted by atomic mass is 16.2. The van der Waals surface area contributed by atoms with E-state index in [1.165, 1.54) is 0 Å². The second-order valence-corrected chi connectivity index (χ2v) is 6.12. The van der Waals surface area contributed by atoms with Gasteiger partial charge in [-0.1, -0.05) is 0 Å². The topological polar surface area (TPSA) is 115 Å². The maximum absolute atomic E-state index is 11.8. The molecule has 9 heteroatoms. The highest BCUT2D eigenvalue weighted by Gasteiger charge is 2.27. The Morgan fingerprint density at radius 3 is 2.52 bits per heavy atom. The van der Waals surface area contributed by atoms with Crippen molar-refractivity contribution >= 4 is 23.8 Å². The molecule has 1 rings (SSSR count). The van der Waals surface area contributed by atoms with Crippen molar-refractivity contribution in [2.45, 2.75) is 33.2 Å². The van der Waals surface area contributed by atoms with Crippen LogP contribution < -0.4 is 21.3 Å². The van der Waals surface area contributed by atoms with E-state index in [4.69, 9.17) is 0 Å². The molecule has 0 aromatic heterocycles. The Labute approximate surface area is 136 Å². The van der Waals surface area contributed by atoms with Crippen LogP contribution in [0.2, 0.25) is 0 Å². The van der Waals surface area contributed by atoms with E-state index in [0.717, 1.165) is 4.90 Å². The van der Waals surface area contributed by atoms with Crippen molar-refractivity contribution in [3.63, 3.8) is 0 Å². The monoisotopic (exact) mass is 326 g/mol. The lowest BCUT2D eigenvalue weighted by Crippen LogP contribution is -2.45. The molecule has 23 heavy (non-hydrogen) atoms. The molecule has 1 fully saturated rings. The molecule has 4 amide bonds. The van der Waals surface area contributed by atoms with E-state index in [1.807, 2.05) is 27.7 Å². The molecule has 0 aromatic rings. The van der Waals surface area contributed by atoms with E-state index in [1.54, 1.807) is 0 Å². The molecule has 1 aliphatic heterocycles. The van der Waals surface area contributed by atoms with Gasteiger partial charge in [0.2, 0.25) is 11.8 Å². The fourth-order valence-corrected chi connectivity index (χ4v) is 1.92. The van der Waals surface area contributed by atoms with Crippen molar-refractivity contribution in [2.24, 2.45) is 4.99 Å². The van der Waals surface area contributed by atoms with Gasteiger partial charge >= 0.3 is 6.03 Å². The van der Waals surface area contributed by atoms with Crippen molar-refractivity contribution in [3.8, 4) is 0 Å². The quantitative estimate of drug-likeness (QED) is 0.284. The number of hydrogen-bond donors (Lipinski definition) is 4. The number of amides is 4. The first kappa shape index (κ1) is 18.7. The number of nitrogens with zero attached hydrogens (tertiary/aromatic N) is 2. The minimum absolute atomic E-state index is 0.00423. The molecule has 1 aliphatic rings. The fourth-order valence-electron chi connectivity index (χ4n) is 1.92. The molecule has 0 spiro atoms. The molecule has 1 heterocycles. The zero-order valence-electron chi connectivity index (χ0n) is 14.2. The lowest BCUT2D eigenvalue weighted by Gasteiger charge is -2.20. The minimum Gasteiger partial charge on any atom is -0.357 e. The molecule has 0 aliphatic carbocycles. The van der Waals surface area contributed by atoms with Gasteiger partial charge in [0, 0.05) is 25.2 Å². The molecule has 1 saturated heterocycles. The van der Waals surface area contributed by atoms with Crippen molar-refractivity contribution in [1.29, 1.82) is 0 Å². The van der Waals surface area contributed by atoms with Crippen LogP contribution in [0.5, 0.6) is 0 Å². The van der Waals surface area contributed by atoms with Gasteiger partial charge in [-0.05, 0) is 27.7 Å². The van der Waals surface area contributed by atoms with Crippen LogP contribution >= 0.6 is 0 Å². The average molecular weight is 326 g/mol. The lowest BCUT2D eigenvalue weighted by atomic mass is 10.1. The number of rotatable bonds is 6. The Bertz CT molecular complexity index is 467. The summed E-state index contributed by atoms with van der Waals surface area (Å²) in [6.45, 7) is 8.87. The molecule has 0 atom stereocenters. The van der Waals surface area contributed by atoms with Crippen molar-refractivity contribution < 1.29 is 14.4 Å². The predicted molar refractivity (Wildman–Crippen MR) is 87.0 cm³/mol. The summed E-state index contributed by atoms with van der Waals surface area (Å²) in [7, 11) is 0. The second-order valence-electron chi connectivity index (χ2n) is 6.12. The molecule has 0 unspecified atom stereocenters.